The van der Waals surface area contributed by atoms with Crippen LogP contribution in [0.1, 0.15) is 5.56 Å². The molecule has 0 unspecified atom stereocenters. The summed E-state index contributed by atoms with van der Waals surface area (Å²) in [7, 11) is 3.04. The van der Waals surface area contributed by atoms with E-state index in [1.807, 2.05) is 18.2 Å². The van der Waals surface area contributed by atoms with Gasteiger partial charge in [0.2, 0.25) is 5.88 Å². The molecule has 27 heavy (non-hydrogen) atoms. The molecule has 142 valence electrons. The van der Waals surface area contributed by atoms with Crippen LogP contribution in [0.3, 0.4) is 0 Å². The van der Waals surface area contributed by atoms with Crippen molar-refractivity contribution < 1.29 is 27.4 Å². The Bertz CT molecular complexity index is 906. The van der Waals surface area contributed by atoms with Gasteiger partial charge in [0.1, 0.15) is 6.61 Å². The van der Waals surface area contributed by atoms with Crippen LogP contribution in [0.25, 0.3) is 22.0 Å². The minimum Gasteiger partial charge on any atom is -0.472 e. The lowest BCUT2D eigenvalue weighted by Gasteiger charge is -2.14. The summed E-state index contributed by atoms with van der Waals surface area (Å²) < 4.78 is 53.7. The first-order valence-electron chi connectivity index (χ1n) is 8.17. The van der Waals surface area contributed by atoms with Crippen molar-refractivity contribution in [3.05, 3.63) is 60.2 Å². The first-order valence-corrected chi connectivity index (χ1v) is 8.17. The Morgan fingerprint density at radius 2 is 1.56 bits per heavy atom. The van der Waals surface area contributed by atoms with Crippen molar-refractivity contribution in [2.45, 2.75) is 12.5 Å². The topological polar surface area (TPSA) is 40.6 Å². The lowest BCUT2D eigenvalue weighted by molar-refractivity contribution is -0.137. The molecule has 0 fully saturated rings. The molecule has 3 aromatic rings. The maximum absolute atomic E-state index is 12.7. The molecular formula is C20H18F3NO3. The summed E-state index contributed by atoms with van der Waals surface area (Å²) in [5.74, 6) is 0.434. The van der Waals surface area contributed by atoms with Gasteiger partial charge in [-0.25, -0.2) is 4.98 Å². The van der Waals surface area contributed by atoms with Crippen LogP contribution in [0.5, 0.6) is 5.88 Å². The molecule has 1 aromatic heterocycles. The van der Waals surface area contributed by atoms with Gasteiger partial charge < -0.3 is 14.2 Å². The van der Waals surface area contributed by atoms with Crippen LogP contribution in [-0.2, 0) is 15.7 Å². The normalized spacial score (nSPS) is 11.9. The zero-order valence-corrected chi connectivity index (χ0v) is 14.8. The number of fused-ring (bicyclic) bond motifs is 1. The van der Waals surface area contributed by atoms with E-state index in [9.17, 15) is 13.2 Å². The van der Waals surface area contributed by atoms with Gasteiger partial charge in [-0.2, -0.15) is 13.2 Å². The van der Waals surface area contributed by atoms with E-state index in [0.29, 0.717) is 11.4 Å². The highest BCUT2D eigenvalue weighted by atomic mass is 19.4. The third kappa shape index (κ3) is 4.56. The van der Waals surface area contributed by atoms with Gasteiger partial charge in [0.25, 0.3) is 0 Å². The van der Waals surface area contributed by atoms with Crippen molar-refractivity contribution in [1.29, 1.82) is 0 Å². The lowest BCUT2D eigenvalue weighted by Crippen LogP contribution is -2.22. The van der Waals surface area contributed by atoms with Crippen LogP contribution >= 0.6 is 0 Å². The first-order chi connectivity index (χ1) is 12.9. The zero-order chi connectivity index (χ0) is 19.4. The lowest BCUT2D eigenvalue weighted by atomic mass is 10.0. The molecule has 0 aliphatic rings. The van der Waals surface area contributed by atoms with Crippen LogP contribution in [0, 0.1) is 0 Å². The summed E-state index contributed by atoms with van der Waals surface area (Å²) in [6, 6.07) is 14.2. The summed E-state index contributed by atoms with van der Waals surface area (Å²) in [4.78, 5) is 4.41. The van der Waals surface area contributed by atoms with E-state index in [2.05, 4.69) is 4.98 Å². The summed E-state index contributed by atoms with van der Waals surface area (Å²) in [5, 5.41) is 0.856. The van der Waals surface area contributed by atoms with Crippen molar-refractivity contribution in [3.8, 4) is 17.0 Å². The number of hydrogen-bond acceptors (Lipinski definition) is 4. The number of methoxy groups -OCH3 is 2. The minimum absolute atomic E-state index is 0.204. The molecule has 0 saturated heterocycles. The predicted octanol–water partition coefficient (Wildman–Crippen LogP) is 4.92. The molecule has 0 aliphatic heterocycles. The van der Waals surface area contributed by atoms with Crippen molar-refractivity contribution in [2.75, 3.05) is 20.8 Å². The van der Waals surface area contributed by atoms with Crippen LogP contribution < -0.4 is 4.74 Å². The maximum Gasteiger partial charge on any atom is 0.416 e. The highest BCUT2D eigenvalue weighted by Crippen LogP contribution is 2.31. The van der Waals surface area contributed by atoms with E-state index in [-0.39, 0.29) is 6.61 Å². The van der Waals surface area contributed by atoms with Gasteiger partial charge in [-0.05, 0) is 41.5 Å². The summed E-state index contributed by atoms with van der Waals surface area (Å²) in [6.45, 7) is 0.204. The monoisotopic (exact) mass is 377 g/mol. The average molecular weight is 377 g/mol. The van der Waals surface area contributed by atoms with Gasteiger partial charge in [0.05, 0.1) is 11.1 Å². The maximum atomic E-state index is 12.7. The fourth-order valence-electron chi connectivity index (χ4n) is 2.60. The number of halogens is 3. The molecule has 0 amide bonds. The molecule has 7 heteroatoms. The van der Waals surface area contributed by atoms with E-state index >= 15 is 0 Å². The molecule has 2 aromatic carbocycles. The van der Waals surface area contributed by atoms with Crippen LogP contribution in [0.15, 0.2) is 54.6 Å². The van der Waals surface area contributed by atoms with Gasteiger partial charge >= 0.3 is 6.18 Å². The Balaban J connectivity index is 1.80. The number of ether oxygens (including phenoxy) is 3. The Morgan fingerprint density at radius 3 is 2.19 bits per heavy atom. The molecule has 0 spiro atoms. The fraction of sp³-hybridized carbons (Fsp3) is 0.250. The molecule has 3 rings (SSSR count). The molecular weight excluding hydrogens is 359 g/mol. The third-order valence-electron chi connectivity index (χ3n) is 4.10. The number of pyridine rings is 1. The van der Waals surface area contributed by atoms with Crippen LogP contribution in [0.4, 0.5) is 13.2 Å². The van der Waals surface area contributed by atoms with Gasteiger partial charge in [0, 0.05) is 25.7 Å². The van der Waals surface area contributed by atoms with E-state index in [0.717, 1.165) is 28.6 Å². The summed E-state index contributed by atoms with van der Waals surface area (Å²) in [6.07, 6.45) is -4.82. The molecule has 0 aliphatic carbocycles. The van der Waals surface area contributed by atoms with Crippen LogP contribution in [-0.4, -0.2) is 32.1 Å². The quantitative estimate of drug-likeness (QED) is 0.572. The van der Waals surface area contributed by atoms with Crippen molar-refractivity contribution in [1.82, 2.24) is 4.98 Å². The molecule has 0 radical (unpaired) electrons. The second-order valence-corrected chi connectivity index (χ2v) is 5.84. The van der Waals surface area contributed by atoms with E-state index in [1.54, 1.807) is 12.1 Å². The molecule has 0 atom stereocenters. The Hall–Kier alpha value is -2.64. The second kappa shape index (κ2) is 7.94. The Kier molecular flexibility index (Phi) is 5.62. The largest absolute Gasteiger partial charge is 0.472 e. The highest BCUT2D eigenvalue weighted by Gasteiger charge is 2.29. The van der Waals surface area contributed by atoms with Gasteiger partial charge in [-0.15, -0.1) is 0 Å². The van der Waals surface area contributed by atoms with E-state index in [1.165, 1.54) is 26.4 Å². The number of rotatable bonds is 6. The molecule has 4 nitrogen and oxygen atoms in total. The number of alkyl halides is 3. The number of nitrogens with zero attached hydrogens (tertiary/aromatic N) is 1. The second-order valence-electron chi connectivity index (χ2n) is 5.84. The SMILES string of the molecule is COC(COc1ccc2cc(-c3ccc(C(F)(F)F)cc3)ccc2n1)OC. The highest BCUT2D eigenvalue weighted by molar-refractivity contribution is 5.84. The van der Waals surface area contributed by atoms with E-state index in [4.69, 9.17) is 14.2 Å². The Labute approximate surface area is 154 Å². The third-order valence-corrected chi connectivity index (χ3v) is 4.10. The van der Waals surface area contributed by atoms with E-state index < -0.39 is 18.0 Å². The van der Waals surface area contributed by atoms with Crippen LogP contribution in [0.2, 0.25) is 0 Å². The minimum atomic E-state index is -4.34. The van der Waals surface area contributed by atoms with Crippen molar-refractivity contribution in [3.63, 3.8) is 0 Å². The van der Waals surface area contributed by atoms with Crippen molar-refractivity contribution >= 4 is 10.9 Å². The number of aromatic nitrogens is 1. The summed E-state index contributed by atoms with van der Waals surface area (Å²) in [5.41, 5.74) is 1.56. The van der Waals surface area contributed by atoms with Gasteiger partial charge in [-0.3, -0.25) is 0 Å². The number of hydrogen-bond donors (Lipinski definition) is 0. The fourth-order valence-corrected chi connectivity index (χ4v) is 2.60. The van der Waals surface area contributed by atoms with Crippen molar-refractivity contribution in [2.24, 2.45) is 0 Å². The first kappa shape index (κ1) is 19.1. The zero-order valence-electron chi connectivity index (χ0n) is 14.8. The Morgan fingerprint density at radius 1 is 0.889 bits per heavy atom. The molecule has 0 saturated carbocycles. The molecule has 1 heterocycles. The smallest absolute Gasteiger partial charge is 0.416 e. The standard InChI is InChI=1S/C20H18F3NO3/c1-25-19(26-2)12-27-18-10-6-15-11-14(5-9-17(15)24-18)13-3-7-16(8-4-13)20(21,22)23/h3-11,19H,12H2,1-2H3. The van der Waals surface area contributed by atoms with Gasteiger partial charge in [0.15, 0.2) is 6.29 Å². The van der Waals surface area contributed by atoms with Gasteiger partial charge in [-0.1, -0.05) is 18.2 Å². The average Bonchev–Trinajstić information content (AvgIpc) is 2.67. The molecule has 0 N–H and O–H groups in total. The number of benzene rings is 2. The summed E-state index contributed by atoms with van der Waals surface area (Å²) >= 11 is 0. The predicted molar refractivity (Wildman–Crippen MR) is 95.5 cm³/mol. The molecule has 0 bridgehead atoms.